The van der Waals surface area contributed by atoms with Gasteiger partial charge in [0.05, 0.1) is 17.5 Å². The van der Waals surface area contributed by atoms with Crippen LogP contribution in [0.5, 0.6) is 5.75 Å². The number of carbonyl (C=O) groups is 1. The van der Waals surface area contributed by atoms with Gasteiger partial charge in [-0.25, -0.2) is 4.98 Å². The molecule has 6 nitrogen and oxygen atoms in total. The van der Waals surface area contributed by atoms with Crippen LogP contribution in [0.1, 0.15) is 30.1 Å². The van der Waals surface area contributed by atoms with E-state index in [9.17, 15) is 4.79 Å². The molecule has 5 N–H and O–H groups in total. The molecule has 0 bridgehead atoms. The molecular formula is C23H24N4O2. The Balaban J connectivity index is 1.44. The van der Waals surface area contributed by atoms with E-state index in [1.54, 1.807) is 24.3 Å². The molecule has 0 radical (unpaired) electrons. The molecule has 1 aromatic heterocycles. The molecule has 1 aliphatic carbocycles. The van der Waals surface area contributed by atoms with Crippen LogP contribution in [0, 0.1) is 5.92 Å². The van der Waals surface area contributed by atoms with Gasteiger partial charge in [-0.05, 0) is 74.2 Å². The Kier molecular flexibility index (Phi) is 5.08. The van der Waals surface area contributed by atoms with Crippen molar-refractivity contribution in [1.29, 1.82) is 0 Å². The van der Waals surface area contributed by atoms with E-state index in [0.29, 0.717) is 28.6 Å². The summed E-state index contributed by atoms with van der Waals surface area (Å²) in [5.74, 6) is 1.56. The van der Waals surface area contributed by atoms with Crippen molar-refractivity contribution in [2.24, 2.45) is 5.92 Å². The van der Waals surface area contributed by atoms with Crippen molar-refractivity contribution in [3.8, 4) is 17.0 Å². The summed E-state index contributed by atoms with van der Waals surface area (Å²) in [7, 11) is 0. The number of anilines is 3. The lowest BCUT2D eigenvalue weighted by Crippen LogP contribution is -2.14. The van der Waals surface area contributed by atoms with Gasteiger partial charge in [-0.2, -0.15) is 0 Å². The second kappa shape index (κ2) is 7.83. The zero-order chi connectivity index (χ0) is 20.4. The van der Waals surface area contributed by atoms with Gasteiger partial charge in [-0.15, -0.1) is 0 Å². The fourth-order valence-corrected chi connectivity index (χ4v) is 3.16. The lowest BCUT2D eigenvalue weighted by Gasteiger charge is -2.14. The number of nitrogen functional groups attached to an aromatic ring is 2. The average molecular weight is 388 g/mol. The Bertz CT molecular complexity index is 1030. The Labute approximate surface area is 169 Å². The van der Waals surface area contributed by atoms with Crippen LogP contribution in [0.4, 0.5) is 17.2 Å². The van der Waals surface area contributed by atoms with Gasteiger partial charge in [-0.3, -0.25) is 4.79 Å². The van der Waals surface area contributed by atoms with E-state index in [-0.39, 0.29) is 17.8 Å². The van der Waals surface area contributed by atoms with Crippen LogP contribution in [0.15, 0.2) is 60.7 Å². The lowest BCUT2D eigenvalue weighted by molar-refractivity contribution is 0.102. The van der Waals surface area contributed by atoms with Gasteiger partial charge in [0.15, 0.2) is 0 Å². The Morgan fingerprint density at radius 3 is 2.55 bits per heavy atom. The predicted octanol–water partition coefficient (Wildman–Crippen LogP) is 4.34. The molecule has 1 heterocycles. The summed E-state index contributed by atoms with van der Waals surface area (Å²) in [4.78, 5) is 17.0. The highest BCUT2D eigenvalue weighted by Crippen LogP contribution is 2.34. The second-order valence-electron chi connectivity index (χ2n) is 7.39. The van der Waals surface area contributed by atoms with E-state index in [4.69, 9.17) is 16.2 Å². The third-order valence-electron chi connectivity index (χ3n) is 5.10. The Morgan fingerprint density at radius 1 is 1.10 bits per heavy atom. The largest absolute Gasteiger partial charge is 0.490 e. The number of amides is 1. The first-order valence-corrected chi connectivity index (χ1v) is 9.70. The minimum atomic E-state index is -0.199. The zero-order valence-corrected chi connectivity index (χ0v) is 16.3. The minimum Gasteiger partial charge on any atom is -0.490 e. The number of carbonyl (C=O) groups excluding carboxylic acids is 1. The maximum atomic E-state index is 12.7. The molecule has 0 aliphatic heterocycles. The summed E-state index contributed by atoms with van der Waals surface area (Å²) >= 11 is 0. The number of nitrogens with one attached hydrogen (secondary N) is 1. The average Bonchev–Trinajstić information content (AvgIpc) is 3.57. The molecule has 0 saturated heterocycles. The first-order valence-electron chi connectivity index (χ1n) is 9.70. The molecular weight excluding hydrogens is 364 g/mol. The van der Waals surface area contributed by atoms with Crippen molar-refractivity contribution in [3.63, 3.8) is 0 Å². The maximum absolute atomic E-state index is 12.7. The number of benzene rings is 2. The molecule has 6 heteroatoms. The quantitative estimate of drug-likeness (QED) is 0.583. The van der Waals surface area contributed by atoms with Crippen LogP contribution in [0.3, 0.4) is 0 Å². The van der Waals surface area contributed by atoms with E-state index in [2.05, 4.69) is 17.2 Å². The first kappa shape index (κ1) is 18.8. The number of aromatic nitrogens is 1. The van der Waals surface area contributed by atoms with Crippen LogP contribution < -0.4 is 21.5 Å². The highest BCUT2D eigenvalue weighted by atomic mass is 16.5. The van der Waals surface area contributed by atoms with Crippen molar-refractivity contribution >= 4 is 23.1 Å². The molecule has 1 fully saturated rings. The molecule has 0 spiro atoms. The number of nitrogens with two attached hydrogens (primary N) is 2. The fraction of sp³-hybridized carbons (Fsp3) is 0.217. The number of rotatable bonds is 6. The first-order chi connectivity index (χ1) is 14.0. The standard InChI is InChI=1S/C23H24N4O2/c1-14(15-5-6-15)29-19-9-7-18(8-10-19)26-23(28)17-4-2-3-16(13-17)21-12-11-20(24)22(25)27-21/h2-4,7-15H,5-6,24H2,1H3,(H2,25,27)(H,26,28). The molecule has 1 amide bonds. The molecule has 29 heavy (non-hydrogen) atoms. The minimum absolute atomic E-state index is 0.199. The topological polar surface area (TPSA) is 103 Å². The Hall–Kier alpha value is -3.54. The molecule has 1 unspecified atom stereocenters. The van der Waals surface area contributed by atoms with E-state index < -0.39 is 0 Å². The van der Waals surface area contributed by atoms with Gasteiger partial charge < -0.3 is 21.5 Å². The molecule has 1 aliphatic rings. The molecule has 1 saturated carbocycles. The summed E-state index contributed by atoms with van der Waals surface area (Å²) in [6.07, 6.45) is 2.72. The molecule has 148 valence electrons. The molecule has 3 aromatic rings. The van der Waals surface area contributed by atoms with Crippen molar-refractivity contribution in [1.82, 2.24) is 4.98 Å². The summed E-state index contributed by atoms with van der Waals surface area (Å²) < 4.78 is 5.93. The predicted molar refractivity (Wildman–Crippen MR) is 116 cm³/mol. The number of ether oxygens (including phenoxy) is 1. The van der Waals surface area contributed by atoms with Crippen molar-refractivity contribution < 1.29 is 9.53 Å². The normalized spacial score (nSPS) is 14.2. The van der Waals surface area contributed by atoms with Crippen LogP contribution in [-0.4, -0.2) is 17.0 Å². The van der Waals surface area contributed by atoms with Gasteiger partial charge in [0.2, 0.25) is 0 Å². The van der Waals surface area contributed by atoms with Gasteiger partial charge in [0.25, 0.3) is 5.91 Å². The van der Waals surface area contributed by atoms with E-state index in [1.807, 2.05) is 36.4 Å². The monoisotopic (exact) mass is 388 g/mol. The second-order valence-corrected chi connectivity index (χ2v) is 7.39. The van der Waals surface area contributed by atoms with Gasteiger partial charge in [0.1, 0.15) is 11.6 Å². The van der Waals surface area contributed by atoms with Crippen LogP contribution in [0.25, 0.3) is 11.3 Å². The number of nitrogens with zero attached hydrogens (tertiary/aromatic N) is 1. The van der Waals surface area contributed by atoms with Crippen molar-refractivity contribution in [2.75, 3.05) is 16.8 Å². The number of hydrogen-bond acceptors (Lipinski definition) is 5. The van der Waals surface area contributed by atoms with Crippen molar-refractivity contribution in [2.45, 2.75) is 25.9 Å². The van der Waals surface area contributed by atoms with Gasteiger partial charge in [-0.1, -0.05) is 12.1 Å². The van der Waals surface area contributed by atoms with E-state index in [0.717, 1.165) is 11.3 Å². The third kappa shape index (κ3) is 4.48. The fourth-order valence-electron chi connectivity index (χ4n) is 3.16. The lowest BCUT2D eigenvalue weighted by atomic mass is 10.1. The third-order valence-corrected chi connectivity index (χ3v) is 5.10. The van der Waals surface area contributed by atoms with Gasteiger partial charge in [0, 0.05) is 16.8 Å². The van der Waals surface area contributed by atoms with E-state index >= 15 is 0 Å². The summed E-state index contributed by atoms with van der Waals surface area (Å²) in [5.41, 5.74) is 14.6. The van der Waals surface area contributed by atoms with Crippen LogP contribution >= 0.6 is 0 Å². The summed E-state index contributed by atoms with van der Waals surface area (Å²) in [5, 5.41) is 2.91. The number of pyridine rings is 1. The molecule has 2 aromatic carbocycles. The number of hydrogen-bond donors (Lipinski definition) is 3. The molecule has 1 atom stereocenters. The van der Waals surface area contributed by atoms with Crippen molar-refractivity contribution in [3.05, 3.63) is 66.2 Å². The highest BCUT2D eigenvalue weighted by Gasteiger charge is 2.29. The maximum Gasteiger partial charge on any atom is 0.255 e. The van der Waals surface area contributed by atoms with Crippen LogP contribution in [-0.2, 0) is 0 Å². The SMILES string of the molecule is CC(Oc1ccc(NC(=O)c2cccc(-c3ccc(N)c(N)n3)c2)cc1)C1CC1. The van der Waals surface area contributed by atoms with Gasteiger partial charge >= 0.3 is 0 Å². The van der Waals surface area contributed by atoms with Crippen LogP contribution in [0.2, 0.25) is 0 Å². The summed E-state index contributed by atoms with van der Waals surface area (Å²) in [6, 6.07) is 18.2. The summed E-state index contributed by atoms with van der Waals surface area (Å²) in [6.45, 7) is 2.10. The zero-order valence-electron chi connectivity index (χ0n) is 16.3. The highest BCUT2D eigenvalue weighted by molar-refractivity contribution is 6.04. The van der Waals surface area contributed by atoms with E-state index in [1.165, 1.54) is 12.8 Å². The smallest absolute Gasteiger partial charge is 0.255 e. The molecule has 4 rings (SSSR count). The Morgan fingerprint density at radius 2 is 1.86 bits per heavy atom.